The Labute approximate surface area is 241 Å². The third kappa shape index (κ3) is 5.64. The summed E-state index contributed by atoms with van der Waals surface area (Å²) in [6.45, 7) is 5.25. The van der Waals surface area contributed by atoms with Crippen LogP contribution in [0.5, 0.6) is 0 Å². The molecule has 5 aromatic rings. The highest BCUT2D eigenvalue weighted by Gasteiger charge is 2.29. The van der Waals surface area contributed by atoms with Crippen molar-refractivity contribution in [3.8, 4) is 22.5 Å². The van der Waals surface area contributed by atoms with Crippen LogP contribution in [0.3, 0.4) is 0 Å². The summed E-state index contributed by atoms with van der Waals surface area (Å²) in [5.74, 6) is -0.793. The van der Waals surface area contributed by atoms with E-state index < -0.39 is 27.9 Å². The lowest BCUT2D eigenvalue weighted by Gasteiger charge is -2.19. The zero-order valence-electron chi connectivity index (χ0n) is 23.2. The van der Waals surface area contributed by atoms with Crippen molar-refractivity contribution in [3.05, 3.63) is 78.1 Å². The van der Waals surface area contributed by atoms with E-state index in [-0.39, 0.29) is 16.6 Å². The number of H-pyrrole nitrogens is 1. The van der Waals surface area contributed by atoms with Crippen LogP contribution in [0.1, 0.15) is 30.0 Å². The number of furan rings is 1. The number of fused-ring (bicyclic) bond motifs is 1. The molecule has 12 nitrogen and oxygen atoms in total. The molecule has 3 aromatic carbocycles. The van der Waals surface area contributed by atoms with Crippen molar-refractivity contribution in [3.63, 3.8) is 0 Å². The van der Waals surface area contributed by atoms with Gasteiger partial charge in [-0.1, -0.05) is 50.2 Å². The predicted molar refractivity (Wildman–Crippen MR) is 155 cm³/mol. The van der Waals surface area contributed by atoms with Crippen LogP contribution in [-0.2, 0) is 19.6 Å². The van der Waals surface area contributed by atoms with Gasteiger partial charge in [-0.05, 0) is 59.5 Å². The fourth-order valence-electron chi connectivity index (χ4n) is 4.56. The number of benzene rings is 3. The van der Waals surface area contributed by atoms with Gasteiger partial charge in [0.05, 0.1) is 12.0 Å². The monoisotopic (exact) mass is 588 g/mol. The summed E-state index contributed by atoms with van der Waals surface area (Å²) in [4.78, 5) is 25.1. The number of aryl methyl sites for hydroxylation is 1. The Balaban J connectivity index is 1.30. The van der Waals surface area contributed by atoms with E-state index >= 15 is 0 Å². The number of hydrogen-bond acceptors (Lipinski definition) is 9. The first-order chi connectivity index (χ1) is 20.1. The number of methoxy groups -OCH3 is 1. The van der Waals surface area contributed by atoms with Gasteiger partial charge in [0.1, 0.15) is 11.6 Å². The van der Waals surface area contributed by atoms with Crippen LogP contribution in [0, 0.1) is 12.8 Å². The van der Waals surface area contributed by atoms with Gasteiger partial charge >= 0.3 is 5.97 Å². The second-order valence-corrected chi connectivity index (χ2v) is 11.6. The Morgan fingerprint density at radius 3 is 2.24 bits per heavy atom. The molecule has 1 unspecified atom stereocenters. The van der Waals surface area contributed by atoms with Crippen molar-refractivity contribution in [2.24, 2.45) is 5.92 Å². The van der Waals surface area contributed by atoms with E-state index in [1.54, 1.807) is 57.2 Å². The molecule has 3 N–H and O–H groups in total. The van der Waals surface area contributed by atoms with Crippen LogP contribution >= 0.6 is 0 Å². The molecule has 216 valence electrons. The first-order valence-corrected chi connectivity index (χ1v) is 14.5. The minimum atomic E-state index is -3.95. The highest BCUT2D eigenvalue weighted by Crippen LogP contribution is 2.33. The van der Waals surface area contributed by atoms with Gasteiger partial charge in [-0.2, -0.15) is 9.94 Å². The highest BCUT2D eigenvalue weighted by molar-refractivity contribution is 7.89. The number of esters is 1. The Kier molecular flexibility index (Phi) is 7.87. The van der Waals surface area contributed by atoms with Crippen molar-refractivity contribution in [1.82, 2.24) is 25.3 Å². The van der Waals surface area contributed by atoms with Gasteiger partial charge < -0.3 is 14.5 Å². The summed E-state index contributed by atoms with van der Waals surface area (Å²) in [5, 5.41) is 17.7. The minimum Gasteiger partial charge on any atom is -0.468 e. The third-order valence-electron chi connectivity index (χ3n) is 6.79. The van der Waals surface area contributed by atoms with Gasteiger partial charge in [0.2, 0.25) is 15.8 Å². The number of sulfonamides is 1. The molecule has 0 aliphatic carbocycles. The molecule has 42 heavy (non-hydrogen) atoms. The maximum atomic E-state index is 13.1. The molecule has 1 amide bonds. The molecule has 13 heteroatoms. The number of nitrogens with one attached hydrogen (secondary N) is 3. The first-order valence-electron chi connectivity index (χ1n) is 13.0. The second-order valence-electron chi connectivity index (χ2n) is 9.89. The Morgan fingerprint density at radius 2 is 1.64 bits per heavy atom. The van der Waals surface area contributed by atoms with Crippen molar-refractivity contribution in [1.29, 1.82) is 0 Å². The predicted octanol–water partition coefficient (Wildman–Crippen LogP) is 4.32. The molecule has 5 rings (SSSR count). The average Bonchev–Trinajstić information content (AvgIpc) is 3.64. The fraction of sp³-hybridized carbons (Fsp3) is 0.207. The summed E-state index contributed by atoms with van der Waals surface area (Å²) < 4.78 is 38.7. The van der Waals surface area contributed by atoms with Gasteiger partial charge in [-0.25, -0.2) is 8.42 Å². The summed E-state index contributed by atoms with van der Waals surface area (Å²) in [7, 11) is -2.74. The number of nitrogens with zero attached hydrogens (tertiary/aromatic N) is 3. The quantitative estimate of drug-likeness (QED) is 0.212. The maximum absolute atomic E-state index is 13.1. The number of hydrogen-bond donors (Lipinski definition) is 3. The molecule has 0 spiro atoms. The van der Waals surface area contributed by atoms with Crippen molar-refractivity contribution >= 4 is 38.6 Å². The lowest BCUT2D eigenvalue weighted by atomic mass is 10.0. The van der Waals surface area contributed by atoms with E-state index in [4.69, 9.17) is 9.15 Å². The number of carbonyl (C=O) groups excluding carboxylic acids is 2. The number of amides is 1. The largest absolute Gasteiger partial charge is 0.468 e. The van der Waals surface area contributed by atoms with E-state index in [9.17, 15) is 18.0 Å². The number of anilines is 1. The number of tetrazole rings is 1. The van der Waals surface area contributed by atoms with E-state index in [1.807, 2.05) is 18.2 Å². The standard InChI is InChI=1S/C29H28N6O6S/c1-16(2)25(29(37)40-4)33-42(38,39)21-14-10-19(11-15-21)18-8-12-20(13-9-18)30-28(36)26-17(3)24-22(27-31-34-35-32-27)6-5-7-23(24)41-26/h5-16,25,33H,1-4H3,(H,30,36)(H,31,32,34,35). The lowest BCUT2D eigenvalue weighted by molar-refractivity contribution is -0.143. The van der Waals surface area contributed by atoms with Crippen LogP contribution in [0.2, 0.25) is 0 Å². The number of aromatic nitrogens is 4. The number of ether oxygens (including phenoxy) is 1. The molecular weight excluding hydrogens is 560 g/mol. The normalized spacial score (nSPS) is 12.4. The molecule has 0 radical (unpaired) electrons. The lowest BCUT2D eigenvalue weighted by Crippen LogP contribution is -2.44. The van der Waals surface area contributed by atoms with Gasteiger partial charge in [0.15, 0.2) is 5.76 Å². The van der Waals surface area contributed by atoms with Crippen LogP contribution in [-0.4, -0.2) is 54.1 Å². The Bertz CT molecular complexity index is 1850. The average molecular weight is 589 g/mol. The molecular formula is C29H28N6O6S. The van der Waals surface area contributed by atoms with E-state index in [0.717, 1.165) is 16.5 Å². The van der Waals surface area contributed by atoms with Gasteiger partial charge in [0.25, 0.3) is 5.91 Å². The minimum absolute atomic E-state index is 0.0216. The van der Waals surface area contributed by atoms with Crippen LogP contribution in [0.25, 0.3) is 33.5 Å². The number of rotatable bonds is 9. The first kappa shape index (κ1) is 28.6. The van der Waals surface area contributed by atoms with Crippen LogP contribution in [0.15, 0.2) is 76.0 Å². The molecule has 0 aliphatic rings. The molecule has 2 heterocycles. The van der Waals surface area contributed by atoms with E-state index in [0.29, 0.717) is 28.2 Å². The topological polar surface area (TPSA) is 169 Å². The van der Waals surface area contributed by atoms with Crippen LogP contribution in [0.4, 0.5) is 5.69 Å². The van der Waals surface area contributed by atoms with Crippen molar-refractivity contribution in [2.45, 2.75) is 31.7 Å². The highest BCUT2D eigenvalue weighted by atomic mass is 32.2. The molecule has 0 saturated carbocycles. The van der Waals surface area contributed by atoms with Crippen LogP contribution < -0.4 is 10.0 Å². The Hall–Kier alpha value is -4.88. The smallest absolute Gasteiger partial charge is 0.324 e. The summed E-state index contributed by atoms with van der Waals surface area (Å²) in [6, 6.07) is 17.8. The van der Waals surface area contributed by atoms with E-state index in [2.05, 4.69) is 30.7 Å². The zero-order valence-corrected chi connectivity index (χ0v) is 24.0. The summed E-state index contributed by atoms with van der Waals surface area (Å²) in [5.41, 5.74) is 4.00. The summed E-state index contributed by atoms with van der Waals surface area (Å²) in [6.07, 6.45) is 0. The molecule has 0 fully saturated rings. The third-order valence-corrected chi connectivity index (χ3v) is 8.25. The number of aromatic amines is 1. The maximum Gasteiger partial charge on any atom is 0.324 e. The molecule has 0 aliphatic heterocycles. The SMILES string of the molecule is COC(=O)C(NS(=O)(=O)c1ccc(-c2ccc(NC(=O)c3oc4cccc(-c5nn[nH]n5)c4c3C)cc2)cc1)C(C)C. The zero-order chi connectivity index (χ0) is 30.0. The van der Waals surface area contributed by atoms with Crippen molar-refractivity contribution in [2.75, 3.05) is 12.4 Å². The van der Waals surface area contributed by atoms with E-state index in [1.165, 1.54) is 19.2 Å². The molecule has 2 aromatic heterocycles. The van der Waals surface area contributed by atoms with Gasteiger partial charge in [-0.15, -0.1) is 10.2 Å². The number of carbonyl (C=O) groups is 2. The second kappa shape index (κ2) is 11.5. The van der Waals surface area contributed by atoms with Gasteiger partial charge in [0, 0.05) is 22.2 Å². The summed E-state index contributed by atoms with van der Waals surface area (Å²) >= 11 is 0. The fourth-order valence-corrected chi connectivity index (χ4v) is 5.89. The van der Waals surface area contributed by atoms with Gasteiger partial charge in [-0.3, -0.25) is 9.59 Å². The molecule has 1 atom stereocenters. The molecule has 0 saturated heterocycles. The molecule has 0 bridgehead atoms. The van der Waals surface area contributed by atoms with Crippen molar-refractivity contribution < 1.29 is 27.2 Å². The Morgan fingerprint density at radius 1 is 0.976 bits per heavy atom.